The van der Waals surface area contributed by atoms with Gasteiger partial charge < -0.3 is 10.1 Å². The zero-order valence-electron chi connectivity index (χ0n) is 15.9. The summed E-state index contributed by atoms with van der Waals surface area (Å²) in [6, 6.07) is 19.7. The second-order valence-corrected chi connectivity index (χ2v) is 7.34. The Morgan fingerprint density at radius 1 is 1.07 bits per heavy atom. The molecule has 0 fully saturated rings. The topological polar surface area (TPSA) is 38.3 Å². The third-order valence-electron chi connectivity index (χ3n) is 4.16. The average Bonchev–Trinajstić information content (AvgIpc) is 2.70. The number of hydrogen-bond acceptors (Lipinski definition) is 3. The van der Waals surface area contributed by atoms with E-state index in [1.165, 1.54) is 17.7 Å². The summed E-state index contributed by atoms with van der Waals surface area (Å²) in [4.78, 5) is 13.7. The van der Waals surface area contributed by atoms with Crippen molar-refractivity contribution in [1.29, 1.82) is 0 Å². The monoisotopic (exact) mass is 395 g/mol. The summed E-state index contributed by atoms with van der Waals surface area (Å²) < 4.78 is 19.5. The third kappa shape index (κ3) is 5.14. The molecule has 0 saturated carbocycles. The Morgan fingerprint density at radius 2 is 1.82 bits per heavy atom. The van der Waals surface area contributed by atoms with E-state index in [9.17, 15) is 9.18 Å². The smallest absolute Gasteiger partial charge is 0.255 e. The quantitative estimate of drug-likeness (QED) is 0.493. The van der Waals surface area contributed by atoms with E-state index in [2.05, 4.69) is 36.5 Å². The maximum atomic E-state index is 13.8. The number of benzene rings is 3. The minimum absolute atomic E-state index is 0.164. The second-order valence-electron chi connectivity index (χ2n) is 6.29. The van der Waals surface area contributed by atoms with Gasteiger partial charge in [0.05, 0.1) is 12.3 Å². The molecule has 0 radical (unpaired) electrons. The van der Waals surface area contributed by atoms with Crippen LogP contribution in [0.2, 0.25) is 0 Å². The Kier molecular flexibility index (Phi) is 6.71. The first-order valence-electron chi connectivity index (χ1n) is 9.08. The Labute approximate surface area is 168 Å². The van der Waals surface area contributed by atoms with Gasteiger partial charge in [-0.15, -0.1) is 11.8 Å². The highest BCUT2D eigenvalue weighted by Crippen LogP contribution is 2.29. The van der Waals surface area contributed by atoms with Gasteiger partial charge in [-0.1, -0.05) is 29.8 Å². The summed E-state index contributed by atoms with van der Waals surface area (Å²) in [6.07, 6.45) is 0. The molecule has 0 unspecified atom stereocenters. The molecule has 1 amide bonds. The van der Waals surface area contributed by atoms with Gasteiger partial charge >= 0.3 is 0 Å². The van der Waals surface area contributed by atoms with Crippen molar-refractivity contribution >= 4 is 23.4 Å². The molecule has 3 aromatic rings. The molecule has 3 rings (SSSR count). The lowest BCUT2D eigenvalue weighted by Gasteiger charge is -2.13. The molecule has 3 aromatic carbocycles. The lowest BCUT2D eigenvalue weighted by atomic mass is 10.1. The van der Waals surface area contributed by atoms with E-state index < -0.39 is 5.82 Å². The average molecular weight is 395 g/mol. The van der Waals surface area contributed by atoms with Crippen LogP contribution in [0, 0.1) is 12.7 Å². The van der Waals surface area contributed by atoms with E-state index in [4.69, 9.17) is 4.74 Å². The molecule has 0 heterocycles. The lowest BCUT2D eigenvalue weighted by Crippen LogP contribution is -2.13. The maximum absolute atomic E-state index is 13.8. The van der Waals surface area contributed by atoms with Crippen LogP contribution in [0.3, 0.4) is 0 Å². The van der Waals surface area contributed by atoms with Crippen molar-refractivity contribution in [3.8, 4) is 5.75 Å². The summed E-state index contributed by atoms with van der Waals surface area (Å²) in [6.45, 7) is 4.53. The van der Waals surface area contributed by atoms with Crippen molar-refractivity contribution in [2.75, 3.05) is 11.9 Å². The first kappa shape index (κ1) is 20.0. The number of halogens is 1. The van der Waals surface area contributed by atoms with Crippen LogP contribution in [0.1, 0.15) is 28.4 Å². The highest BCUT2D eigenvalue weighted by atomic mass is 32.2. The Morgan fingerprint density at radius 3 is 2.54 bits per heavy atom. The zero-order valence-corrected chi connectivity index (χ0v) is 16.7. The van der Waals surface area contributed by atoms with Crippen molar-refractivity contribution in [2.24, 2.45) is 0 Å². The van der Waals surface area contributed by atoms with Crippen LogP contribution in [-0.4, -0.2) is 12.5 Å². The van der Waals surface area contributed by atoms with Crippen molar-refractivity contribution in [3.05, 3.63) is 89.2 Å². The number of carbonyl (C=O) groups excluding carboxylic acids is 1. The second kappa shape index (κ2) is 9.42. The predicted molar refractivity (Wildman–Crippen MR) is 113 cm³/mol. The molecule has 28 heavy (non-hydrogen) atoms. The minimum atomic E-state index is -0.461. The molecule has 3 nitrogen and oxygen atoms in total. The molecule has 1 N–H and O–H groups in total. The number of thioether (sulfide) groups is 1. The standard InChI is InChI=1S/C23H22FNO2S/c1-3-27-22-13-10-17(23(26)25-21-7-5-4-6-20(21)24)14-18(22)15-28-19-11-8-16(2)9-12-19/h4-14H,3,15H2,1-2H3,(H,25,26). The largest absolute Gasteiger partial charge is 0.494 e. The van der Waals surface area contributed by atoms with Crippen LogP contribution >= 0.6 is 11.8 Å². The predicted octanol–water partition coefficient (Wildman–Crippen LogP) is 6.08. The fourth-order valence-electron chi connectivity index (χ4n) is 2.68. The van der Waals surface area contributed by atoms with Gasteiger partial charge in [0.25, 0.3) is 5.91 Å². The molecule has 0 spiro atoms. The summed E-state index contributed by atoms with van der Waals surface area (Å²) in [5, 5.41) is 2.62. The molecule has 0 bridgehead atoms. The molecule has 0 aliphatic carbocycles. The SMILES string of the molecule is CCOc1ccc(C(=O)Nc2ccccc2F)cc1CSc1ccc(C)cc1. The molecule has 0 atom stereocenters. The van der Waals surface area contributed by atoms with Crippen molar-refractivity contribution in [3.63, 3.8) is 0 Å². The highest BCUT2D eigenvalue weighted by molar-refractivity contribution is 7.98. The van der Waals surface area contributed by atoms with E-state index in [0.29, 0.717) is 17.9 Å². The lowest BCUT2D eigenvalue weighted by molar-refractivity contribution is 0.102. The van der Waals surface area contributed by atoms with E-state index in [0.717, 1.165) is 16.2 Å². The van der Waals surface area contributed by atoms with Crippen LogP contribution in [-0.2, 0) is 5.75 Å². The normalized spacial score (nSPS) is 10.5. The maximum Gasteiger partial charge on any atom is 0.255 e. The van der Waals surface area contributed by atoms with Crippen LogP contribution < -0.4 is 10.1 Å². The van der Waals surface area contributed by atoms with Gasteiger partial charge in [0.15, 0.2) is 0 Å². The van der Waals surface area contributed by atoms with E-state index in [1.807, 2.05) is 13.0 Å². The van der Waals surface area contributed by atoms with Crippen LogP contribution in [0.5, 0.6) is 5.75 Å². The van der Waals surface area contributed by atoms with Gasteiger partial charge in [0.1, 0.15) is 11.6 Å². The number of nitrogens with one attached hydrogen (secondary N) is 1. The highest BCUT2D eigenvalue weighted by Gasteiger charge is 2.13. The molecule has 5 heteroatoms. The number of para-hydroxylation sites is 1. The zero-order chi connectivity index (χ0) is 19.9. The molecular weight excluding hydrogens is 373 g/mol. The Hall–Kier alpha value is -2.79. The third-order valence-corrected chi connectivity index (χ3v) is 5.22. The van der Waals surface area contributed by atoms with Crippen LogP contribution in [0.4, 0.5) is 10.1 Å². The number of ether oxygens (including phenoxy) is 1. The van der Waals surface area contributed by atoms with Gasteiger partial charge in [-0.05, 0) is 56.3 Å². The van der Waals surface area contributed by atoms with Crippen LogP contribution in [0.25, 0.3) is 0 Å². The number of hydrogen-bond donors (Lipinski definition) is 1. The molecule has 0 aliphatic rings. The van der Waals surface area contributed by atoms with Crippen molar-refractivity contribution in [2.45, 2.75) is 24.5 Å². The van der Waals surface area contributed by atoms with E-state index in [-0.39, 0.29) is 11.6 Å². The first-order chi connectivity index (χ1) is 13.6. The molecule has 0 aromatic heterocycles. The first-order valence-corrected chi connectivity index (χ1v) is 10.1. The summed E-state index contributed by atoms with van der Waals surface area (Å²) in [5.41, 5.74) is 2.77. The van der Waals surface area contributed by atoms with E-state index >= 15 is 0 Å². The van der Waals surface area contributed by atoms with Gasteiger partial charge in [0, 0.05) is 21.8 Å². The minimum Gasteiger partial charge on any atom is -0.494 e. The van der Waals surface area contributed by atoms with Gasteiger partial charge in [-0.3, -0.25) is 4.79 Å². The molecular formula is C23H22FNO2S. The number of amides is 1. The summed E-state index contributed by atoms with van der Waals surface area (Å²) in [7, 11) is 0. The van der Waals surface area contributed by atoms with Gasteiger partial charge in [-0.25, -0.2) is 4.39 Å². The Bertz CT molecular complexity index is 957. The molecule has 0 saturated heterocycles. The van der Waals surface area contributed by atoms with Crippen molar-refractivity contribution < 1.29 is 13.9 Å². The van der Waals surface area contributed by atoms with E-state index in [1.54, 1.807) is 36.0 Å². The molecule has 0 aliphatic heterocycles. The number of anilines is 1. The Balaban J connectivity index is 1.79. The molecule has 144 valence electrons. The number of aryl methyl sites for hydroxylation is 1. The van der Waals surface area contributed by atoms with Gasteiger partial charge in [0.2, 0.25) is 0 Å². The fraction of sp³-hybridized carbons (Fsp3) is 0.174. The summed E-state index contributed by atoms with van der Waals surface area (Å²) >= 11 is 1.68. The number of carbonyl (C=O) groups is 1. The van der Waals surface area contributed by atoms with Gasteiger partial charge in [-0.2, -0.15) is 0 Å². The van der Waals surface area contributed by atoms with Crippen LogP contribution in [0.15, 0.2) is 71.6 Å². The fourth-order valence-corrected chi connectivity index (χ4v) is 3.56. The van der Waals surface area contributed by atoms with Crippen molar-refractivity contribution in [1.82, 2.24) is 0 Å². The number of rotatable bonds is 7. The summed E-state index contributed by atoms with van der Waals surface area (Å²) in [5.74, 6) is 0.607.